The van der Waals surface area contributed by atoms with Crippen molar-refractivity contribution in [3.63, 3.8) is 0 Å². The molecule has 0 aliphatic carbocycles. The number of carboxylic acids is 1. The van der Waals surface area contributed by atoms with E-state index in [4.69, 9.17) is 5.11 Å². The standard InChI is InChI=1S/C11H19N3O5/c1-12-9(16)3-4-13(2)11(19)14-6-7(15)5-8(14)10(17)18/h7-8,15H,3-6H2,1-2H3,(H,12,16)(H,17,18). The van der Waals surface area contributed by atoms with Gasteiger partial charge in [0.25, 0.3) is 0 Å². The minimum absolute atomic E-state index is 0.000113. The predicted molar refractivity (Wildman–Crippen MR) is 65.5 cm³/mol. The number of likely N-dealkylation sites (tertiary alicyclic amines) is 1. The lowest BCUT2D eigenvalue weighted by atomic mass is 10.2. The van der Waals surface area contributed by atoms with Crippen molar-refractivity contribution in [1.82, 2.24) is 15.1 Å². The van der Waals surface area contributed by atoms with E-state index >= 15 is 0 Å². The summed E-state index contributed by atoms with van der Waals surface area (Å²) < 4.78 is 0. The van der Waals surface area contributed by atoms with Crippen LogP contribution in [0.2, 0.25) is 0 Å². The lowest BCUT2D eigenvalue weighted by Crippen LogP contribution is -2.47. The average Bonchev–Trinajstić information content (AvgIpc) is 2.76. The number of urea groups is 1. The van der Waals surface area contributed by atoms with Gasteiger partial charge in [0, 0.05) is 40.0 Å². The smallest absolute Gasteiger partial charge is 0.326 e. The van der Waals surface area contributed by atoms with Gasteiger partial charge in [0.05, 0.1) is 6.10 Å². The first-order chi connectivity index (χ1) is 8.86. The molecule has 8 nitrogen and oxygen atoms in total. The van der Waals surface area contributed by atoms with Crippen LogP contribution in [0.3, 0.4) is 0 Å². The normalized spacial score (nSPS) is 22.2. The first kappa shape index (κ1) is 15.2. The molecule has 1 heterocycles. The fourth-order valence-corrected chi connectivity index (χ4v) is 1.97. The molecule has 0 aromatic carbocycles. The number of carbonyl (C=O) groups is 3. The Morgan fingerprint density at radius 2 is 2.05 bits per heavy atom. The summed E-state index contributed by atoms with van der Waals surface area (Å²) in [4.78, 5) is 36.6. The molecule has 1 aliphatic rings. The van der Waals surface area contributed by atoms with Gasteiger partial charge in [-0.05, 0) is 0 Å². The summed E-state index contributed by atoms with van der Waals surface area (Å²) in [5.41, 5.74) is 0. The molecule has 0 radical (unpaired) electrons. The fourth-order valence-electron chi connectivity index (χ4n) is 1.97. The molecule has 3 amide bonds. The highest BCUT2D eigenvalue weighted by Crippen LogP contribution is 2.19. The number of rotatable bonds is 4. The predicted octanol–water partition coefficient (Wildman–Crippen LogP) is -1.31. The first-order valence-corrected chi connectivity index (χ1v) is 6.00. The summed E-state index contributed by atoms with van der Waals surface area (Å²) in [6, 6.07) is -1.50. The van der Waals surface area contributed by atoms with E-state index in [-0.39, 0.29) is 31.8 Å². The van der Waals surface area contributed by atoms with Crippen LogP contribution in [0.5, 0.6) is 0 Å². The van der Waals surface area contributed by atoms with Gasteiger partial charge in [-0.25, -0.2) is 9.59 Å². The molecule has 1 rings (SSSR count). The Morgan fingerprint density at radius 3 is 2.58 bits per heavy atom. The molecule has 0 bridgehead atoms. The summed E-state index contributed by atoms with van der Waals surface area (Å²) in [7, 11) is 3.00. The van der Waals surface area contributed by atoms with Crippen LogP contribution in [0.25, 0.3) is 0 Å². The van der Waals surface area contributed by atoms with Gasteiger partial charge in [-0.1, -0.05) is 0 Å². The maximum absolute atomic E-state index is 12.1. The topological polar surface area (TPSA) is 110 Å². The molecule has 19 heavy (non-hydrogen) atoms. The van der Waals surface area contributed by atoms with Crippen molar-refractivity contribution in [2.24, 2.45) is 0 Å². The van der Waals surface area contributed by atoms with Crippen LogP contribution >= 0.6 is 0 Å². The van der Waals surface area contributed by atoms with Crippen LogP contribution < -0.4 is 5.32 Å². The number of hydrogen-bond donors (Lipinski definition) is 3. The number of aliphatic hydroxyl groups is 1. The number of aliphatic hydroxyl groups excluding tert-OH is 1. The van der Waals surface area contributed by atoms with Crippen molar-refractivity contribution in [2.45, 2.75) is 25.0 Å². The molecule has 2 atom stereocenters. The SMILES string of the molecule is CNC(=O)CCN(C)C(=O)N1CC(O)CC1C(=O)O. The van der Waals surface area contributed by atoms with Crippen molar-refractivity contribution in [1.29, 1.82) is 0 Å². The number of nitrogens with one attached hydrogen (secondary N) is 1. The summed E-state index contributed by atoms with van der Waals surface area (Å²) in [5.74, 6) is -1.33. The molecule has 8 heteroatoms. The maximum atomic E-state index is 12.1. The summed E-state index contributed by atoms with van der Waals surface area (Å²) in [6.45, 7) is 0.192. The number of amides is 3. The Balaban J connectivity index is 2.60. The summed E-state index contributed by atoms with van der Waals surface area (Å²) in [5, 5.41) is 20.9. The first-order valence-electron chi connectivity index (χ1n) is 6.00. The largest absolute Gasteiger partial charge is 0.480 e. The van der Waals surface area contributed by atoms with Crippen LogP contribution in [0, 0.1) is 0 Å². The van der Waals surface area contributed by atoms with E-state index in [1.165, 1.54) is 19.0 Å². The van der Waals surface area contributed by atoms with Gasteiger partial charge in [-0.2, -0.15) is 0 Å². The van der Waals surface area contributed by atoms with Gasteiger partial charge >= 0.3 is 12.0 Å². The van der Waals surface area contributed by atoms with Gasteiger partial charge in [0.1, 0.15) is 6.04 Å². The van der Waals surface area contributed by atoms with Crippen molar-refractivity contribution in [3.05, 3.63) is 0 Å². The lowest BCUT2D eigenvalue weighted by Gasteiger charge is -2.27. The van der Waals surface area contributed by atoms with E-state index in [2.05, 4.69) is 5.32 Å². The Labute approximate surface area is 111 Å². The minimum atomic E-state index is -1.13. The number of carbonyl (C=O) groups excluding carboxylic acids is 2. The van der Waals surface area contributed by atoms with Gasteiger partial charge in [0.2, 0.25) is 5.91 Å². The molecule has 1 aliphatic heterocycles. The molecule has 2 unspecified atom stereocenters. The van der Waals surface area contributed by atoms with Crippen molar-refractivity contribution < 1.29 is 24.6 Å². The fraction of sp³-hybridized carbons (Fsp3) is 0.727. The average molecular weight is 273 g/mol. The number of β-amino-alcohol motifs (C(OH)–C–C–N with tert-alkyl or cyclic N) is 1. The second-order valence-electron chi connectivity index (χ2n) is 4.52. The molecule has 1 saturated heterocycles. The van der Waals surface area contributed by atoms with Crippen molar-refractivity contribution >= 4 is 17.9 Å². The molecule has 0 aromatic heterocycles. The highest BCUT2D eigenvalue weighted by Gasteiger charge is 2.39. The minimum Gasteiger partial charge on any atom is -0.480 e. The third kappa shape index (κ3) is 3.82. The third-order valence-electron chi connectivity index (χ3n) is 3.09. The van der Waals surface area contributed by atoms with E-state index in [1.807, 2.05) is 0 Å². The molecule has 1 fully saturated rings. The van der Waals surface area contributed by atoms with E-state index in [0.717, 1.165) is 4.90 Å². The van der Waals surface area contributed by atoms with Crippen molar-refractivity contribution in [3.8, 4) is 0 Å². The van der Waals surface area contributed by atoms with Gasteiger partial charge in [-0.3, -0.25) is 4.79 Å². The Hall–Kier alpha value is -1.83. The molecule has 108 valence electrons. The third-order valence-corrected chi connectivity index (χ3v) is 3.09. The number of carboxylic acid groups (broad SMARTS) is 1. The Bertz CT molecular complexity index is 373. The zero-order chi connectivity index (χ0) is 14.6. The van der Waals surface area contributed by atoms with Crippen LogP contribution in [0.15, 0.2) is 0 Å². The Morgan fingerprint density at radius 1 is 1.42 bits per heavy atom. The highest BCUT2D eigenvalue weighted by atomic mass is 16.4. The summed E-state index contributed by atoms with van der Waals surface area (Å²) >= 11 is 0. The number of nitrogens with zero attached hydrogens (tertiary/aromatic N) is 2. The molecular weight excluding hydrogens is 254 g/mol. The van der Waals surface area contributed by atoms with Crippen LogP contribution in [0.1, 0.15) is 12.8 Å². The van der Waals surface area contributed by atoms with E-state index in [9.17, 15) is 19.5 Å². The van der Waals surface area contributed by atoms with E-state index in [0.29, 0.717) is 0 Å². The Kier molecular flexibility index (Phi) is 5.11. The van der Waals surface area contributed by atoms with Crippen LogP contribution in [-0.2, 0) is 9.59 Å². The quantitative estimate of drug-likeness (QED) is 0.589. The zero-order valence-corrected chi connectivity index (χ0v) is 11.0. The monoisotopic (exact) mass is 273 g/mol. The second-order valence-corrected chi connectivity index (χ2v) is 4.52. The van der Waals surface area contributed by atoms with Gasteiger partial charge in [0.15, 0.2) is 0 Å². The molecule has 0 spiro atoms. The maximum Gasteiger partial charge on any atom is 0.326 e. The van der Waals surface area contributed by atoms with Crippen molar-refractivity contribution in [2.75, 3.05) is 27.2 Å². The van der Waals surface area contributed by atoms with Gasteiger partial charge in [-0.15, -0.1) is 0 Å². The van der Waals surface area contributed by atoms with Gasteiger partial charge < -0.3 is 25.3 Å². The van der Waals surface area contributed by atoms with E-state index in [1.54, 1.807) is 0 Å². The molecular formula is C11H19N3O5. The lowest BCUT2D eigenvalue weighted by molar-refractivity contribution is -0.141. The highest BCUT2D eigenvalue weighted by molar-refractivity contribution is 5.84. The van der Waals surface area contributed by atoms with E-state index < -0.39 is 24.1 Å². The molecule has 0 saturated carbocycles. The zero-order valence-electron chi connectivity index (χ0n) is 11.0. The second kappa shape index (κ2) is 6.37. The van der Waals surface area contributed by atoms with Crippen LogP contribution in [-0.4, -0.2) is 77.3 Å². The summed E-state index contributed by atoms with van der Waals surface area (Å²) in [6.07, 6.45) is -0.644. The molecule has 0 aromatic rings. The van der Waals surface area contributed by atoms with Crippen LogP contribution in [0.4, 0.5) is 4.79 Å². The number of hydrogen-bond acceptors (Lipinski definition) is 4. The molecule has 3 N–H and O–H groups in total. The number of aliphatic carboxylic acids is 1.